The predicted molar refractivity (Wildman–Crippen MR) is 74.0 cm³/mol. The third kappa shape index (κ3) is 3.57. The van der Waals surface area contributed by atoms with Crippen molar-refractivity contribution in [2.24, 2.45) is 0 Å². The molecule has 0 spiro atoms. The molecular weight excluding hydrogens is 252 g/mol. The summed E-state index contributed by atoms with van der Waals surface area (Å²) in [4.78, 5) is 17.2. The van der Waals surface area contributed by atoms with E-state index in [9.17, 15) is 4.79 Å². The number of imidazole rings is 1. The van der Waals surface area contributed by atoms with Crippen molar-refractivity contribution in [2.75, 3.05) is 5.75 Å². The lowest BCUT2D eigenvalue weighted by atomic mass is 10.2. The van der Waals surface area contributed by atoms with Crippen LogP contribution in [0.25, 0.3) is 4.96 Å². The van der Waals surface area contributed by atoms with E-state index >= 15 is 0 Å². The van der Waals surface area contributed by atoms with E-state index in [-0.39, 0.29) is 10.5 Å². The molecule has 0 saturated carbocycles. The second-order valence-corrected chi connectivity index (χ2v) is 7.62. The number of hydrogen-bond donors (Lipinski definition) is 0. The van der Waals surface area contributed by atoms with E-state index < -0.39 is 0 Å². The number of thiazole rings is 1. The van der Waals surface area contributed by atoms with Gasteiger partial charge >= 0.3 is 0 Å². The fourth-order valence-corrected chi connectivity index (χ4v) is 2.83. The van der Waals surface area contributed by atoms with E-state index in [1.165, 1.54) is 0 Å². The molecule has 0 unspecified atom stereocenters. The molecule has 0 aromatic carbocycles. The molecule has 2 heterocycles. The lowest BCUT2D eigenvalue weighted by Crippen LogP contribution is -2.14. The Morgan fingerprint density at radius 1 is 1.53 bits per heavy atom. The Balaban J connectivity index is 1.92. The number of fused-ring (bicyclic) bond motifs is 1. The van der Waals surface area contributed by atoms with Crippen LogP contribution in [0, 0.1) is 0 Å². The van der Waals surface area contributed by atoms with Gasteiger partial charge in [0.25, 0.3) is 0 Å². The summed E-state index contributed by atoms with van der Waals surface area (Å²) in [6.45, 7) is 6.37. The zero-order valence-electron chi connectivity index (χ0n) is 10.3. The topological polar surface area (TPSA) is 34.4 Å². The summed E-state index contributed by atoms with van der Waals surface area (Å²) in [5.41, 5.74) is 0.872. The van der Waals surface area contributed by atoms with Crippen LogP contribution in [0.5, 0.6) is 0 Å². The SMILES string of the molecule is CC(C)(C)SCC(=O)Cc1cn2ccsc2n1. The second kappa shape index (κ2) is 4.82. The minimum atomic E-state index is 0.143. The highest BCUT2D eigenvalue weighted by Gasteiger charge is 2.14. The molecule has 92 valence electrons. The molecule has 5 heteroatoms. The lowest BCUT2D eigenvalue weighted by molar-refractivity contribution is -0.116. The normalized spacial score (nSPS) is 12.2. The van der Waals surface area contributed by atoms with Crippen LogP contribution >= 0.6 is 23.1 Å². The van der Waals surface area contributed by atoms with E-state index in [1.54, 1.807) is 23.1 Å². The van der Waals surface area contributed by atoms with Gasteiger partial charge in [0.1, 0.15) is 5.78 Å². The summed E-state index contributed by atoms with van der Waals surface area (Å²) in [7, 11) is 0. The highest BCUT2D eigenvalue weighted by Crippen LogP contribution is 2.23. The number of hydrogen-bond acceptors (Lipinski definition) is 4. The van der Waals surface area contributed by atoms with Gasteiger partial charge in [0.2, 0.25) is 0 Å². The monoisotopic (exact) mass is 268 g/mol. The molecule has 0 aliphatic heterocycles. The van der Waals surface area contributed by atoms with Crippen molar-refractivity contribution in [1.29, 1.82) is 0 Å². The molecule has 3 nitrogen and oxygen atoms in total. The number of nitrogens with zero attached hydrogens (tertiary/aromatic N) is 2. The van der Waals surface area contributed by atoms with Gasteiger partial charge in [-0.2, -0.15) is 0 Å². The Hall–Kier alpha value is -0.810. The maximum Gasteiger partial charge on any atom is 0.193 e. The Morgan fingerprint density at radius 3 is 2.94 bits per heavy atom. The number of ketones is 1. The third-order valence-electron chi connectivity index (χ3n) is 2.19. The number of thioether (sulfide) groups is 1. The molecule has 0 amide bonds. The summed E-state index contributed by atoms with van der Waals surface area (Å²) >= 11 is 3.28. The number of rotatable bonds is 4. The molecule has 0 fully saturated rings. The van der Waals surface area contributed by atoms with Crippen LogP contribution in [0.2, 0.25) is 0 Å². The van der Waals surface area contributed by atoms with E-state index in [2.05, 4.69) is 25.8 Å². The fraction of sp³-hybridized carbons (Fsp3) is 0.500. The zero-order valence-corrected chi connectivity index (χ0v) is 11.9. The van der Waals surface area contributed by atoms with Gasteiger partial charge in [-0.25, -0.2) is 4.98 Å². The molecular formula is C12H16N2OS2. The molecule has 2 aromatic heterocycles. The van der Waals surface area contributed by atoms with Crippen LogP contribution in [-0.4, -0.2) is 25.7 Å². The van der Waals surface area contributed by atoms with Gasteiger partial charge < -0.3 is 0 Å². The van der Waals surface area contributed by atoms with E-state index in [1.807, 2.05) is 22.2 Å². The summed E-state index contributed by atoms with van der Waals surface area (Å²) in [6, 6.07) is 0. The van der Waals surface area contributed by atoms with Gasteiger partial charge in [0.05, 0.1) is 17.9 Å². The standard InChI is InChI=1S/C12H16N2OS2/c1-12(2,3)17-8-10(15)6-9-7-14-4-5-16-11(14)13-9/h4-5,7H,6,8H2,1-3H3. The van der Waals surface area contributed by atoms with Gasteiger partial charge in [0, 0.05) is 22.5 Å². The van der Waals surface area contributed by atoms with Gasteiger partial charge in [-0.1, -0.05) is 20.8 Å². The van der Waals surface area contributed by atoms with E-state index in [0.29, 0.717) is 12.2 Å². The van der Waals surface area contributed by atoms with Gasteiger partial charge in [-0.3, -0.25) is 9.20 Å². The highest BCUT2D eigenvalue weighted by molar-refractivity contribution is 8.01. The van der Waals surface area contributed by atoms with Crippen LogP contribution in [0.15, 0.2) is 17.8 Å². The first-order valence-electron chi connectivity index (χ1n) is 5.51. The molecule has 0 atom stereocenters. The molecule has 0 N–H and O–H groups in total. The van der Waals surface area contributed by atoms with E-state index in [0.717, 1.165) is 10.7 Å². The molecule has 2 aromatic rings. The smallest absolute Gasteiger partial charge is 0.193 e. The van der Waals surface area contributed by atoms with Gasteiger partial charge in [-0.05, 0) is 0 Å². The first-order chi connectivity index (χ1) is 7.94. The van der Waals surface area contributed by atoms with Crippen molar-refractivity contribution in [3.05, 3.63) is 23.5 Å². The molecule has 2 rings (SSSR count). The molecule has 0 aliphatic carbocycles. The summed E-state index contributed by atoms with van der Waals surface area (Å²) in [5, 5.41) is 1.99. The first-order valence-corrected chi connectivity index (χ1v) is 7.37. The third-order valence-corrected chi connectivity index (χ3v) is 4.29. The number of carbonyl (C=O) groups excluding carboxylic acids is 1. The van der Waals surface area contributed by atoms with Crippen LogP contribution in [-0.2, 0) is 11.2 Å². The van der Waals surface area contributed by atoms with Crippen molar-refractivity contribution >= 4 is 33.8 Å². The van der Waals surface area contributed by atoms with Crippen LogP contribution in [0.4, 0.5) is 0 Å². The Kier molecular flexibility index (Phi) is 3.58. The minimum Gasteiger partial charge on any atom is -0.298 e. The van der Waals surface area contributed by atoms with E-state index in [4.69, 9.17) is 0 Å². The van der Waals surface area contributed by atoms with Crippen molar-refractivity contribution in [3.63, 3.8) is 0 Å². The molecule has 0 aliphatic rings. The van der Waals surface area contributed by atoms with Crippen LogP contribution in [0.1, 0.15) is 26.5 Å². The van der Waals surface area contributed by atoms with Crippen molar-refractivity contribution in [2.45, 2.75) is 31.9 Å². The molecule has 0 saturated heterocycles. The minimum absolute atomic E-state index is 0.143. The number of Topliss-reactive ketones (excluding diaryl/α,β-unsaturated/α-hetero) is 1. The Labute approximate surface area is 109 Å². The quantitative estimate of drug-likeness (QED) is 0.855. The fourth-order valence-electron chi connectivity index (χ4n) is 1.41. The average Bonchev–Trinajstić information content (AvgIpc) is 2.73. The molecule has 0 radical (unpaired) electrons. The van der Waals surface area contributed by atoms with Gasteiger partial charge in [0.15, 0.2) is 4.96 Å². The highest BCUT2D eigenvalue weighted by atomic mass is 32.2. The second-order valence-electron chi connectivity index (χ2n) is 4.94. The van der Waals surface area contributed by atoms with Crippen LogP contribution < -0.4 is 0 Å². The average molecular weight is 268 g/mol. The Bertz CT molecular complexity index is 493. The van der Waals surface area contributed by atoms with Crippen molar-refractivity contribution in [3.8, 4) is 0 Å². The zero-order chi connectivity index (χ0) is 12.5. The van der Waals surface area contributed by atoms with Crippen molar-refractivity contribution < 1.29 is 4.79 Å². The Morgan fingerprint density at radius 2 is 2.29 bits per heavy atom. The maximum absolute atomic E-state index is 11.8. The summed E-state index contributed by atoms with van der Waals surface area (Å²) < 4.78 is 2.11. The lowest BCUT2D eigenvalue weighted by Gasteiger charge is -2.16. The first kappa shape index (κ1) is 12.6. The predicted octanol–water partition coefficient (Wildman–Crippen LogP) is 3.04. The maximum atomic E-state index is 11.8. The number of aromatic nitrogens is 2. The van der Waals surface area contributed by atoms with Gasteiger partial charge in [-0.15, -0.1) is 23.1 Å². The summed E-state index contributed by atoms with van der Waals surface area (Å²) in [5.74, 6) is 0.810. The molecule has 0 bridgehead atoms. The number of carbonyl (C=O) groups is 1. The molecule has 17 heavy (non-hydrogen) atoms. The summed E-state index contributed by atoms with van der Waals surface area (Å²) in [6.07, 6.45) is 4.34. The van der Waals surface area contributed by atoms with Crippen LogP contribution in [0.3, 0.4) is 0 Å². The largest absolute Gasteiger partial charge is 0.298 e. The van der Waals surface area contributed by atoms with Crippen molar-refractivity contribution in [1.82, 2.24) is 9.38 Å².